The van der Waals surface area contributed by atoms with Gasteiger partial charge in [-0.1, -0.05) is 48.7 Å². The van der Waals surface area contributed by atoms with E-state index in [0.717, 1.165) is 21.4 Å². The molecule has 1 aromatic heterocycles. The maximum absolute atomic E-state index is 11.3. The number of carbonyl (C=O) groups is 1. The van der Waals surface area contributed by atoms with Gasteiger partial charge in [-0.15, -0.1) is 0 Å². The molecule has 0 saturated carbocycles. The third kappa shape index (κ3) is 5.02. The number of hydrogen-bond acceptors (Lipinski definition) is 4. The third-order valence-electron chi connectivity index (χ3n) is 3.41. The Kier molecular flexibility index (Phi) is 5.59. The second-order valence-corrected chi connectivity index (χ2v) is 6.39. The van der Waals surface area contributed by atoms with Crippen molar-refractivity contribution in [2.75, 3.05) is 5.32 Å². The number of nitrogens with one attached hydrogen (secondary N) is 1. The molecule has 0 atom stereocenters. The number of benzene rings is 2. The molecule has 1 N–H and O–H groups in total. The van der Waals surface area contributed by atoms with Gasteiger partial charge in [-0.3, -0.25) is 4.79 Å². The molecule has 0 spiro atoms. The number of amides is 1. The number of nitrogens with zero attached hydrogens (tertiary/aromatic N) is 2. The molecule has 0 aliphatic rings. The van der Waals surface area contributed by atoms with E-state index in [1.54, 1.807) is 18.0 Å². The van der Waals surface area contributed by atoms with Gasteiger partial charge in [0.15, 0.2) is 0 Å². The van der Waals surface area contributed by atoms with Crippen LogP contribution in [0.5, 0.6) is 0 Å². The molecule has 0 aliphatic heterocycles. The summed E-state index contributed by atoms with van der Waals surface area (Å²) < 4.78 is 0. The lowest BCUT2D eigenvalue weighted by molar-refractivity contribution is -0.111. The Hall–Kier alpha value is -2.92. The Balaban J connectivity index is 1.67. The fraction of sp³-hybridized carbons (Fsp3) is 0.0500. The van der Waals surface area contributed by atoms with Crippen molar-refractivity contribution in [2.24, 2.45) is 0 Å². The van der Waals surface area contributed by atoms with Gasteiger partial charge in [0.05, 0.1) is 0 Å². The Labute approximate surface area is 151 Å². The van der Waals surface area contributed by atoms with Gasteiger partial charge in [-0.05, 0) is 42.0 Å². The van der Waals surface area contributed by atoms with Crippen molar-refractivity contribution < 1.29 is 4.79 Å². The quantitative estimate of drug-likeness (QED) is 0.532. The molecule has 3 rings (SSSR count). The summed E-state index contributed by atoms with van der Waals surface area (Å²) in [6, 6.07) is 19.7. The van der Waals surface area contributed by atoms with Gasteiger partial charge in [0, 0.05) is 23.2 Å². The molecule has 1 heterocycles. The van der Waals surface area contributed by atoms with E-state index in [1.165, 1.54) is 11.6 Å². The summed E-state index contributed by atoms with van der Waals surface area (Å²) in [5.41, 5.74) is 1.92. The van der Waals surface area contributed by atoms with Crippen molar-refractivity contribution in [1.29, 1.82) is 0 Å². The van der Waals surface area contributed by atoms with E-state index in [2.05, 4.69) is 34.0 Å². The fourth-order valence-corrected chi connectivity index (χ4v) is 3.01. The third-order valence-corrected chi connectivity index (χ3v) is 4.36. The number of anilines is 1. The second-order valence-electron chi connectivity index (χ2n) is 5.29. The summed E-state index contributed by atoms with van der Waals surface area (Å²) >= 11 is 1.56. The summed E-state index contributed by atoms with van der Waals surface area (Å²) in [4.78, 5) is 21.3. The Morgan fingerprint density at radius 1 is 1.08 bits per heavy atom. The molecule has 4 nitrogen and oxygen atoms in total. The van der Waals surface area contributed by atoms with Crippen LogP contribution in [0.1, 0.15) is 11.4 Å². The molecule has 0 bridgehead atoms. The van der Waals surface area contributed by atoms with Crippen LogP contribution in [0.3, 0.4) is 0 Å². The lowest BCUT2D eigenvalue weighted by atomic mass is 10.1. The van der Waals surface area contributed by atoms with Crippen LogP contribution in [0.2, 0.25) is 0 Å². The zero-order valence-corrected chi connectivity index (χ0v) is 14.4. The molecule has 124 valence electrons. The molecule has 0 aliphatic carbocycles. The predicted octanol–water partition coefficient (Wildman–Crippen LogP) is 4.34. The van der Waals surface area contributed by atoms with E-state index in [9.17, 15) is 4.79 Å². The first-order valence-corrected chi connectivity index (χ1v) is 8.62. The van der Waals surface area contributed by atoms with E-state index < -0.39 is 0 Å². The maximum atomic E-state index is 11.3. The van der Waals surface area contributed by atoms with Crippen LogP contribution in [-0.2, 0) is 11.2 Å². The molecule has 25 heavy (non-hydrogen) atoms. The minimum Gasteiger partial charge on any atom is -0.323 e. The molecule has 3 aromatic rings. The van der Waals surface area contributed by atoms with Gasteiger partial charge in [-0.25, -0.2) is 9.97 Å². The first-order valence-electron chi connectivity index (χ1n) is 7.80. The summed E-state index contributed by atoms with van der Waals surface area (Å²) in [5, 5.41) is 3.62. The molecule has 0 fully saturated rings. The SMILES string of the molecule is C=CC(=O)Nc1ccc(Sc2ccnc(Cc3ccccc3)n2)cc1. The van der Waals surface area contributed by atoms with Gasteiger partial charge in [0.1, 0.15) is 10.9 Å². The molecular weight excluding hydrogens is 330 g/mol. The highest BCUT2D eigenvalue weighted by molar-refractivity contribution is 7.99. The van der Waals surface area contributed by atoms with E-state index in [0.29, 0.717) is 6.42 Å². The monoisotopic (exact) mass is 347 g/mol. The largest absolute Gasteiger partial charge is 0.323 e. The van der Waals surface area contributed by atoms with Crippen molar-refractivity contribution in [2.45, 2.75) is 16.3 Å². The molecule has 0 radical (unpaired) electrons. The zero-order valence-electron chi connectivity index (χ0n) is 13.6. The Morgan fingerprint density at radius 2 is 1.84 bits per heavy atom. The van der Waals surface area contributed by atoms with Crippen LogP contribution < -0.4 is 5.32 Å². The average Bonchev–Trinajstić information content (AvgIpc) is 2.64. The van der Waals surface area contributed by atoms with Crippen LogP contribution in [0.25, 0.3) is 0 Å². The smallest absolute Gasteiger partial charge is 0.247 e. The van der Waals surface area contributed by atoms with Crippen molar-refractivity contribution in [3.63, 3.8) is 0 Å². The maximum Gasteiger partial charge on any atom is 0.247 e. The highest BCUT2D eigenvalue weighted by Crippen LogP contribution is 2.27. The minimum absolute atomic E-state index is 0.221. The highest BCUT2D eigenvalue weighted by atomic mass is 32.2. The standard InChI is InChI=1S/C20H17N3OS/c1-2-19(24)22-16-8-10-17(11-9-16)25-20-12-13-21-18(23-20)14-15-6-4-3-5-7-15/h2-13H,1,14H2,(H,22,24). The fourth-order valence-electron chi connectivity index (χ4n) is 2.22. The van der Waals surface area contributed by atoms with Crippen LogP contribution >= 0.6 is 11.8 Å². The lowest BCUT2D eigenvalue weighted by Gasteiger charge is -2.06. The molecule has 0 saturated heterocycles. The van der Waals surface area contributed by atoms with Gasteiger partial charge in [-0.2, -0.15) is 0 Å². The molecule has 1 amide bonds. The minimum atomic E-state index is -0.221. The Morgan fingerprint density at radius 3 is 2.56 bits per heavy atom. The van der Waals surface area contributed by atoms with Gasteiger partial charge in [0.25, 0.3) is 0 Å². The summed E-state index contributed by atoms with van der Waals surface area (Å²) in [5.74, 6) is 0.577. The predicted molar refractivity (Wildman–Crippen MR) is 101 cm³/mol. The van der Waals surface area contributed by atoms with Crippen LogP contribution in [-0.4, -0.2) is 15.9 Å². The summed E-state index contributed by atoms with van der Waals surface area (Å²) in [7, 11) is 0. The highest BCUT2D eigenvalue weighted by Gasteiger charge is 2.04. The van der Waals surface area contributed by atoms with E-state index in [4.69, 9.17) is 0 Å². The zero-order chi connectivity index (χ0) is 17.5. The average molecular weight is 347 g/mol. The van der Waals surface area contributed by atoms with E-state index in [1.807, 2.05) is 48.5 Å². The van der Waals surface area contributed by atoms with Gasteiger partial charge >= 0.3 is 0 Å². The van der Waals surface area contributed by atoms with E-state index in [-0.39, 0.29) is 5.91 Å². The number of carbonyl (C=O) groups excluding carboxylic acids is 1. The van der Waals surface area contributed by atoms with E-state index >= 15 is 0 Å². The van der Waals surface area contributed by atoms with Crippen molar-refractivity contribution in [1.82, 2.24) is 9.97 Å². The Bertz CT molecular complexity index is 864. The first kappa shape index (κ1) is 16.9. The molecule has 2 aromatic carbocycles. The first-order chi connectivity index (χ1) is 12.2. The molecular formula is C20H17N3OS. The molecule has 0 unspecified atom stereocenters. The van der Waals surface area contributed by atoms with Crippen LogP contribution in [0.15, 0.2) is 89.4 Å². The van der Waals surface area contributed by atoms with Crippen molar-refractivity contribution >= 4 is 23.4 Å². The normalized spacial score (nSPS) is 10.2. The number of rotatable bonds is 6. The molecule has 5 heteroatoms. The number of hydrogen-bond donors (Lipinski definition) is 1. The topological polar surface area (TPSA) is 54.9 Å². The second kappa shape index (κ2) is 8.26. The van der Waals surface area contributed by atoms with Crippen molar-refractivity contribution in [3.8, 4) is 0 Å². The van der Waals surface area contributed by atoms with Gasteiger partial charge < -0.3 is 5.32 Å². The van der Waals surface area contributed by atoms with Crippen molar-refractivity contribution in [3.05, 3.63) is 90.9 Å². The summed E-state index contributed by atoms with van der Waals surface area (Å²) in [6.45, 7) is 3.44. The van der Waals surface area contributed by atoms with Gasteiger partial charge in [0.2, 0.25) is 5.91 Å². The van der Waals surface area contributed by atoms with Crippen LogP contribution in [0, 0.1) is 0 Å². The van der Waals surface area contributed by atoms with Crippen LogP contribution in [0.4, 0.5) is 5.69 Å². The summed E-state index contributed by atoms with van der Waals surface area (Å²) in [6.07, 6.45) is 3.74. The number of aromatic nitrogens is 2. The lowest BCUT2D eigenvalue weighted by Crippen LogP contribution is -2.06.